The summed E-state index contributed by atoms with van der Waals surface area (Å²) in [5.41, 5.74) is 6.21. The lowest BCUT2D eigenvalue weighted by molar-refractivity contribution is 0.405. The zero-order valence-corrected chi connectivity index (χ0v) is 10.6. The minimum absolute atomic E-state index is 0.00659. The van der Waals surface area contributed by atoms with Gasteiger partial charge < -0.3 is 5.73 Å². The largest absolute Gasteiger partial charge is 0.327 e. The number of rotatable bonds is 2. The highest BCUT2D eigenvalue weighted by molar-refractivity contribution is 5.15. The molecule has 3 rings (SSSR count). The van der Waals surface area contributed by atoms with Crippen LogP contribution in [-0.4, -0.2) is 21.2 Å². The Morgan fingerprint density at radius 2 is 2.00 bits per heavy atom. The third kappa shape index (κ3) is 1.79. The van der Waals surface area contributed by atoms with E-state index < -0.39 is 0 Å². The number of H-pyrrole nitrogens is 1. The second-order valence-corrected chi connectivity index (χ2v) is 5.94. The summed E-state index contributed by atoms with van der Waals surface area (Å²) in [4.78, 5) is 4.75. The molecule has 2 atom stereocenters. The van der Waals surface area contributed by atoms with E-state index in [1.807, 2.05) is 0 Å². The lowest BCUT2D eigenvalue weighted by Gasteiger charge is -2.25. The van der Waals surface area contributed by atoms with Gasteiger partial charge in [-0.15, -0.1) is 0 Å². The highest BCUT2D eigenvalue weighted by atomic mass is 15.2. The maximum absolute atomic E-state index is 6.21. The van der Waals surface area contributed by atoms with E-state index >= 15 is 0 Å². The van der Waals surface area contributed by atoms with Gasteiger partial charge in [0.1, 0.15) is 5.82 Å². The first kappa shape index (κ1) is 11.2. The van der Waals surface area contributed by atoms with Gasteiger partial charge in [0.25, 0.3) is 0 Å². The summed E-state index contributed by atoms with van der Waals surface area (Å²) < 4.78 is 0. The zero-order valence-electron chi connectivity index (χ0n) is 10.6. The van der Waals surface area contributed by atoms with E-state index in [1.165, 1.54) is 32.1 Å². The molecule has 2 aliphatic rings. The summed E-state index contributed by atoms with van der Waals surface area (Å²) in [7, 11) is 0. The normalized spacial score (nSPS) is 34.6. The Morgan fingerprint density at radius 3 is 2.65 bits per heavy atom. The van der Waals surface area contributed by atoms with Gasteiger partial charge in [0.15, 0.2) is 5.82 Å². The molecule has 0 radical (unpaired) electrons. The van der Waals surface area contributed by atoms with E-state index in [-0.39, 0.29) is 11.5 Å². The van der Waals surface area contributed by atoms with E-state index in [9.17, 15) is 0 Å². The number of hydrogen-bond acceptors (Lipinski definition) is 3. The number of nitrogens with zero attached hydrogens (tertiary/aromatic N) is 2. The molecule has 0 saturated heterocycles. The molecule has 1 aromatic heterocycles. The van der Waals surface area contributed by atoms with Crippen molar-refractivity contribution in [1.82, 2.24) is 15.2 Å². The maximum Gasteiger partial charge on any atom is 0.158 e. The Kier molecular flexibility index (Phi) is 2.69. The maximum atomic E-state index is 6.21. The molecule has 0 bridgehead atoms. The predicted octanol–water partition coefficient (Wildman–Crippen LogP) is 2.23. The van der Waals surface area contributed by atoms with Crippen LogP contribution in [0.5, 0.6) is 0 Å². The van der Waals surface area contributed by atoms with Gasteiger partial charge in [-0.2, -0.15) is 5.10 Å². The van der Waals surface area contributed by atoms with Crippen molar-refractivity contribution in [3.63, 3.8) is 0 Å². The number of nitrogens with two attached hydrogens (primary N) is 1. The summed E-state index contributed by atoms with van der Waals surface area (Å²) in [5, 5.41) is 7.60. The summed E-state index contributed by atoms with van der Waals surface area (Å²) in [5.74, 6) is 2.65. The van der Waals surface area contributed by atoms with Crippen LogP contribution in [0.3, 0.4) is 0 Å². The van der Waals surface area contributed by atoms with Crippen LogP contribution in [0.4, 0.5) is 0 Å². The first-order valence-electron chi connectivity index (χ1n) is 6.88. The van der Waals surface area contributed by atoms with Gasteiger partial charge in [0.05, 0.1) is 0 Å². The minimum Gasteiger partial charge on any atom is -0.327 e. The number of hydrogen-bond donors (Lipinski definition) is 2. The molecular weight excluding hydrogens is 212 g/mol. The first-order valence-corrected chi connectivity index (χ1v) is 6.88. The molecule has 0 spiro atoms. The molecule has 4 heteroatoms. The van der Waals surface area contributed by atoms with Crippen molar-refractivity contribution >= 4 is 0 Å². The number of aromatic amines is 1. The predicted molar refractivity (Wildman–Crippen MR) is 66.8 cm³/mol. The second kappa shape index (κ2) is 4.09. The van der Waals surface area contributed by atoms with E-state index in [2.05, 4.69) is 17.1 Å². The highest BCUT2D eigenvalue weighted by Crippen LogP contribution is 2.39. The van der Waals surface area contributed by atoms with E-state index in [0.29, 0.717) is 5.92 Å². The fourth-order valence-electron chi connectivity index (χ4n) is 3.38. The Balaban J connectivity index is 1.84. The van der Waals surface area contributed by atoms with Crippen LogP contribution >= 0.6 is 0 Å². The van der Waals surface area contributed by atoms with Crippen molar-refractivity contribution < 1.29 is 0 Å². The SMILES string of the molecule is CC1(c2n[nH]c(C3CCCC3)n2)CCCC1N. The van der Waals surface area contributed by atoms with E-state index in [1.54, 1.807) is 0 Å². The highest BCUT2D eigenvalue weighted by Gasteiger charge is 2.41. The lowest BCUT2D eigenvalue weighted by Crippen LogP contribution is -2.39. The summed E-state index contributed by atoms with van der Waals surface area (Å²) in [6, 6.07) is 0.217. The van der Waals surface area contributed by atoms with Crippen molar-refractivity contribution in [3.05, 3.63) is 11.6 Å². The van der Waals surface area contributed by atoms with Gasteiger partial charge in [-0.3, -0.25) is 5.10 Å². The minimum atomic E-state index is -0.00659. The van der Waals surface area contributed by atoms with Gasteiger partial charge >= 0.3 is 0 Å². The summed E-state index contributed by atoms with van der Waals surface area (Å²) >= 11 is 0. The average molecular weight is 234 g/mol. The fourth-order valence-corrected chi connectivity index (χ4v) is 3.38. The van der Waals surface area contributed by atoms with Crippen LogP contribution in [-0.2, 0) is 5.41 Å². The Hall–Kier alpha value is -0.900. The van der Waals surface area contributed by atoms with Crippen LogP contribution in [0.25, 0.3) is 0 Å². The Morgan fingerprint density at radius 1 is 1.24 bits per heavy atom. The molecular formula is C13H22N4. The molecule has 1 aromatic rings. The molecule has 1 heterocycles. The zero-order chi connectivity index (χ0) is 11.9. The molecule has 0 aromatic carbocycles. The van der Waals surface area contributed by atoms with Crippen molar-refractivity contribution in [1.29, 1.82) is 0 Å². The van der Waals surface area contributed by atoms with Gasteiger partial charge in [0, 0.05) is 17.4 Å². The first-order chi connectivity index (χ1) is 8.20. The van der Waals surface area contributed by atoms with Crippen molar-refractivity contribution in [2.45, 2.75) is 69.2 Å². The summed E-state index contributed by atoms with van der Waals surface area (Å²) in [6.07, 6.45) is 8.61. The molecule has 3 N–H and O–H groups in total. The van der Waals surface area contributed by atoms with Crippen LogP contribution in [0, 0.1) is 0 Å². The second-order valence-electron chi connectivity index (χ2n) is 5.94. The van der Waals surface area contributed by atoms with Crippen LogP contribution in [0.1, 0.15) is 69.4 Å². The molecule has 0 aliphatic heterocycles. The van der Waals surface area contributed by atoms with E-state index in [4.69, 9.17) is 10.7 Å². The fraction of sp³-hybridized carbons (Fsp3) is 0.846. The molecule has 2 fully saturated rings. The summed E-state index contributed by atoms with van der Waals surface area (Å²) in [6.45, 7) is 2.21. The molecule has 0 amide bonds. The number of aromatic nitrogens is 3. The van der Waals surface area contributed by atoms with E-state index in [0.717, 1.165) is 24.5 Å². The molecule has 2 saturated carbocycles. The average Bonchev–Trinajstić information content (AvgIpc) is 3.01. The van der Waals surface area contributed by atoms with Crippen LogP contribution in [0.15, 0.2) is 0 Å². The monoisotopic (exact) mass is 234 g/mol. The van der Waals surface area contributed by atoms with Crippen molar-refractivity contribution in [2.75, 3.05) is 0 Å². The van der Waals surface area contributed by atoms with Gasteiger partial charge in [-0.05, 0) is 25.7 Å². The van der Waals surface area contributed by atoms with Gasteiger partial charge in [0.2, 0.25) is 0 Å². The topological polar surface area (TPSA) is 67.6 Å². The Bertz CT molecular complexity index is 394. The number of nitrogens with one attached hydrogen (secondary N) is 1. The van der Waals surface area contributed by atoms with Gasteiger partial charge in [-0.25, -0.2) is 4.98 Å². The van der Waals surface area contributed by atoms with Crippen LogP contribution in [0.2, 0.25) is 0 Å². The Labute approximate surface area is 102 Å². The molecule has 2 aliphatic carbocycles. The van der Waals surface area contributed by atoms with Crippen molar-refractivity contribution in [2.24, 2.45) is 5.73 Å². The lowest BCUT2D eigenvalue weighted by atomic mass is 9.84. The molecule has 4 nitrogen and oxygen atoms in total. The third-order valence-electron chi connectivity index (χ3n) is 4.79. The van der Waals surface area contributed by atoms with Crippen LogP contribution < -0.4 is 5.73 Å². The third-order valence-corrected chi connectivity index (χ3v) is 4.79. The molecule has 17 heavy (non-hydrogen) atoms. The smallest absolute Gasteiger partial charge is 0.158 e. The standard InChI is InChI=1S/C13H22N4/c1-13(8-4-7-10(13)14)12-15-11(16-17-12)9-5-2-3-6-9/h9-10H,2-8,14H2,1H3,(H,15,16,17). The van der Waals surface area contributed by atoms with Crippen molar-refractivity contribution in [3.8, 4) is 0 Å². The molecule has 94 valence electrons. The molecule has 2 unspecified atom stereocenters. The quantitative estimate of drug-likeness (QED) is 0.824. The van der Waals surface area contributed by atoms with Gasteiger partial charge in [-0.1, -0.05) is 26.2 Å².